The molecule has 1 N–H and O–H groups in total. The van der Waals surface area contributed by atoms with E-state index in [1.165, 1.54) is 6.07 Å². The summed E-state index contributed by atoms with van der Waals surface area (Å²) in [5.41, 5.74) is 0.750. The Labute approximate surface area is 120 Å². The molecule has 4 heteroatoms. The number of rotatable bonds is 7. The van der Waals surface area contributed by atoms with E-state index in [0.29, 0.717) is 6.54 Å². The maximum Gasteiger partial charge on any atom is 0.128 e. The van der Waals surface area contributed by atoms with Crippen molar-refractivity contribution in [3.8, 4) is 0 Å². The van der Waals surface area contributed by atoms with Crippen LogP contribution in [0.25, 0.3) is 0 Å². The molecule has 0 saturated carbocycles. The van der Waals surface area contributed by atoms with Crippen LogP contribution in [0.3, 0.4) is 0 Å². The fraction of sp³-hybridized carbons (Fsp3) is 0.600. The van der Waals surface area contributed by atoms with E-state index in [1.54, 1.807) is 24.9 Å². The molecule has 0 unspecified atom stereocenters. The van der Waals surface area contributed by atoms with Gasteiger partial charge in [0.1, 0.15) is 5.82 Å². The zero-order valence-electron chi connectivity index (χ0n) is 12.3. The number of hydrogen-bond acceptors (Lipinski definition) is 3. The molecule has 0 aliphatic rings. The number of ether oxygens (including phenoxy) is 1. The van der Waals surface area contributed by atoms with E-state index in [0.717, 1.165) is 29.2 Å². The fourth-order valence-corrected chi connectivity index (χ4v) is 2.59. The fourth-order valence-electron chi connectivity index (χ4n) is 1.58. The minimum absolute atomic E-state index is 0.0136. The smallest absolute Gasteiger partial charge is 0.128 e. The average Bonchev–Trinajstić information content (AvgIpc) is 2.32. The van der Waals surface area contributed by atoms with Gasteiger partial charge in [0.25, 0.3) is 0 Å². The Balaban J connectivity index is 2.66. The van der Waals surface area contributed by atoms with Gasteiger partial charge in [-0.3, -0.25) is 0 Å². The summed E-state index contributed by atoms with van der Waals surface area (Å²) in [5, 5.41) is 3.34. The number of hydrogen-bond donors (Lipinski definition) is 1. The molecule has 0 aliphatic carbocycles. The predicted octanol–water partition coefficient (Wildman–Crippen LogP) is 3.84. The van der Waals surface area contributed by atoms with E-state index in [9.17, 15) is 4.39 Å². The van der Waals surface area contributed by atoms with Crippen molar-refractivity contribution in [1.29, 1.82) is 0 Å². The van der Waals surface area contributed by atoms with Crippen LogP contribution in [-0.2, 0) is 11.3 Å². The van der Waals surface area contributed by atoms with Crippen LogP contribution in [0.2, 0.25) is 0 Å². The minimum atomic E-state index is -0.131. The molecule has 1 rings (SSSR count). The lowest BCUT2D eigenvalue weighted by atomic mass is 10.1. The Morgan fingerprint density at radius 2 is 2.05 bits per heavy atom. The van der Waals surface area contributed by atoms with Crippen LogP contribution in [0, 0.1) is 5.82 Å². The van der Waals surface area contributed by atoms with Crippen LogP contribution < -0.4 is 5.32 Å². The SMILES string of the molecule is COCCCSc1cccc(F)c1CNC(C)(C)C. The Kier molecular flexibility index (Phi) is 6.83. The molecule has 108 valence electrons. The van der Waals surface area contributed by atoms with Crippen LogP contribution >= 0.6 is 11.8 Å². The second kappa shape index (κ2) is 7.88. The van der Waals surface area contributed by atoms with Crippen molar-refractivity contribution < 1.29 is 9.13 Å². The highest BCUT2D eigenvalue weighted by atomic mass is 32.2. The van der Waals surface area contributed by atoms with Gasteiger partial charge in [-0.2, -0.15) is 0 Å². The van der Waals surface area contributed by atoms with Crippen molar-refractivity contribution in [3.63, 3.8) is 0 Å². The summed E-state index contributed by atoms with van der Waals surface area (Å²) in [7, 11) is 1.70. The number of benzene rings is 1. The Hall–Kier alpha value is -0.580. The van der Waals surface area contributed by atoms with Crippen molar-refractivity contribution >= 4 is 11.8 Å². The lowest BCUT2D eigenvalue weighted by molar-refractivity contribution is 0.200. The highest BCUT2D eigenvalue weighted by Gasteiger charge is 2.13. The van der Waals surface area contributed by atoms with Gasteiger partial charge in [0.15, 0.2) is 0 Å². The standard InChI is InChI=1S/C15H24FNOS/c1-15(2,3)17-11-12-13(16)7-5-8-14(12)19-10-6-9-18-4/h5,7-8,17H,6,9-11H2,1-4H3. The van der Waals surface area contributed by atoms with Crippen LogP contribution in [0.15, 0.2) is 23.1 Å². The number of thioether (sulfide) groups is 1. The van der Waals surface area contributed by atoms with Gasteiger partial charge in [0.2, 0.25) is 0 Å². The molecule has 1 aromatic carbocycles. The third-order valence-corrected chi connectivity index (χ3v) is 3.81. The Bertz CT molecular complexity index is 390. The largest absolute Gasteiger partial charge is 0.385 e. The second-order valence-corrected chi connectivity index (χ2v) is 6.65. The molecule has 0 amide bonds. The van der Waals surface area contributed by atoms with Crippen molar-refractivity contribution in [2.24, 2.45) is 0 Å². The molecule has 0 radical (unpaired) electrons. The molecule has 0 spiro atoms. The second-order valence-electron chi connectivity index (χ2n) is 5.51. The van der Waals surface area contributed by atoms with E-state index in [-0.39, 0.29) is 11.4 Å². The molecule has 0 fully saturated rings. The first kappa shape index (κ1) is 16.5. The van der Waals surface area contributed by atoms with Gasteiger partial charge < -0.3 is 10.1 Å². The topological polar surface area (TPSA) is 21.3 Å². The third kappa shape index (κ3) is 6.41. The molecule has 0 aromatic heterocycles. The van der Waals surface area contributed by atoms with Crippen molar-refractivity contribution in [2.75, 3.05) is 19.5 Å². The maximum atomic E-state index is 13.9. The van der Waals surface area contributed by atoms with E-state index in [2.05, 4.69) is 26.1 Å². The number of nitrogens with one attached hydrogen (secondary N) is 1. The summed E-state index contributed by atoms with van der Waals surface area (Å²) >= 11 is 1.69. The van der Waals surface area contributed by atoms with Crippen LogP contribution in [0.5, 0.6) is 0 Å². The van der Waals surface area contributed by atoms with Crippen LogP contribution in [-0.4, -0.2) is 25.0 Å². The van der Waals surface area contributed by atoms with Crippen molar-refractivity contribution in [3.05, 3.63) is 29.6 Å². The first-order valence-corrected chi connectivity index (χ1v) is 7.57. The van der Waals surface area contributed by atoms with Crippen LogP contribution in [0.1, 0.15) is 32.8 Å². The summed E-state index contributed by atoms with van der Waals surface area (Å²) in [5.74, 6) is 0.813. The van der Waals surface area contributed by atoms with Gasteiger partial charge in [0.05, 0.1) is 0 Å². The normalized spacial score (nSPS) is 11.8. The molecule has 1 aromatic rings. The lowest BCUT2D eigenvalue weighted by Gasteiger charge is -2.21. The van der Waals surface area contributed by atoms with Gasteiger partial charge in [-0.25, -0.2) is 4.39 Å². The molecule has 2 nitrogen and oxygen atoms in total. The molecule has 0 bridgehead atoms. The molecule has 0 heterocycles. The lowest BCUT2D eigenvalue weighted by Crippen LogP contribution is -2.35. The van der Waals surface area contributed by atoms with Gasteiger partial charge >= 0.3 is 0 Å². The molecule has 0 aliphatic heterocycles. The van der Waals surface area contributed by atoms with Crippen molar-refractivity contribution in [1.82, 2.24) is 5.32 Å². The predicted molar refractivity (Wildman–Crippen MR) is 80.2 cm³/mol. The summed E-state index contributed by atoms with van der Waals surface area (Å²) in [6.45, 7) is 7.55. The monoisotopic (exact) mass is 285 g/mol. The third-order valence-electron chi connectivity index (χ3n) is 2.62. The van der Waals surface area contributed by atoms with Crippen molar-refractivity contribution in [2.45, 2.75) is 44.2 Å². The van der Waals surface area contributed by atoms with Gasteiger partial charge in [0, 0.05) is 42.0 Å². The first-order valence-electron chi connectivity index (χ1n) is 6.58. The molecule has 0 saturated heterocycles. The summed E-state index contributed by atoms with van der Waals surface area (Å²) in [6, 6.07) is 5.29. The molecule has 0 atom stereocenters. The van der Waals surface area contributed by atoms with Gasteiger partial charge in [-0.1, -0.05) is 6.07 Å². The average molecular weight is 285 g/mol. The zero-order chi connectivity index (χ0) is 14.3. The maximum absolute atomic E-state index is 13.9. The van der Waals surface area contributed by atoms with Gasteiger partial charge in [-0.15, -0.1) is 11.8 Å². The van der Waals surface area contributed by atoms with E-state index in [1.807, 2.05) is 6.07 Å². The molecule has 19 heavy (non-hydrogen) atoms. The molecular formula is C15H24FNOS. The highest BCUT2D eigenvalue weighted by molar-refractivity contribution is 7.99. The summed E-state index contributed by atoms with van der Waals surface area (Å²) in [6.07, 6.45) is 0.976. The van der Waals surface area contributed by atoms with E-state index >= 15 is 0 Å². The Morgan fingerprint density at radius 3 is 2.68 bits per heavy atom. The number of halogens is 1. The van der Waals surface area contributed by atoms with E-state index < -0.39 is 0 Å². The highest BCUT2D eigenvalue weighted by Crippen LogP contribution is 2.26. The quantitative estimate of drug-likeness (QED) is 0.607. The summed E-state index contributed by atoms with van der Waals surface area (Å²) in [4.78, 5) is 1.02. The summed E-state index contributed by atoms with van der Waals surface area (Å²) < 4.78 is 18.9. The molecular weight excluding hydrogens is 261 g/mol. The zero-order valence-corrected chi connectivity index (χ0v) is 13.1. The van der Waals surface area contributed by atoms with Gasteiger partial charge in [-0.05, 0) is 39.3 Å². The minimum Gasteiger partial charge on any atom is -0.385 e. The number of methoxy groups -OCH3 is 1. The first-order chi connectivity index (χ1) is 8.94. The Morgan fingerprint density at radius 1 is 1.32 bits per heavy atom. The van der Waals surface area contributed by atoms with E-state index in [4.69, 9.17) is 4.74 Å². The van der Waals surface area contributed by atoms with Crippen LogP contribution in [0.4, 0.5) is 4.39 Å².